The molecule has 6 nitrogen and oxygen atoms in total. The highest BCUT2D eigenvalue weighted by atomic mass is 19.4. The molecule has 0 aliphatic rings. The van der Waals surface area contributed by atoms with Crippen molar-refractivity contribution in [2.45, 2.75) is 39.2 Å². The summed E-state index contributed by atoms with van der Waals surface area (Å²) >= 11 is 0. The lowest BCUT2D eigenvalue weighted by Gasteiger charge is -2.25. The quantitative estimate of drug-likeness (QED) is 0.139. The standard InChI is InChI=1S/C36H33F3N4O2/c1-2-29-21-32(45-31-20-12-19-30(22-31)36(37,38)39)41-34(33(29)40-23-26-13-6-3-7-14-26)35(44)42-43(24-27-15-8-4-9-16-27)25-28-17-10-5-11-18-28/h3-22,40H,2,23-25H2,1H3,(H,42,44). The molecule has 1 heterocycles. The first-order chi connectivity index (χ1) is 21.8. The summed E-state index contributed by atoms with van der Waals surface area (Å²) in [5.41, 5.74) is 6.51. The van der Waals surface area contributed by atoms with E-state index in [0.717, 1.165) is 34.4 Å². The molecule has 0 spiro atoms. The zero-order valence-electron chi connectivity index (χ0n) is 24.7. The fraction of sp³-hybridized carbons (Fsp3) is 0.167. The van der Waals surface area contributed by atoms with Crippen molar-refractivity contribution >= 4 is 11.6 Å². The third-order valence-electron chi connectivity index (χ3n) is 7.06. The van der Waals surface area contributed by atoms with Crippen LogP contribution in [-0.2, 0) is 32.2 Å². The summed E-state index contributed by atoms with van der Waals surface area (Å²) < 4.78 is 45.9. The predicted octanol–water partition coefficient (Wildman–Crippen LogP) is 8.41. The highest BCUT2D eigenvalue weighted by molar-refractivity contribution is 5.98. The normalized spacial score (nSPS) is 11.3. The van der Waals surface area contributed by atoms with E-state index in [-0.39, 0.29) is 17.3 Å². The molecule has 0 aliphatic heterocycles. The molecule has 0 radical (unpaired) electrons. The first-order valence-corrected chi connectivity index (χ1v) is 14.6. The minimum Gasteiger partial charge on any atom is -0.439 e. The number of aromatic nitrogens is 1. The highest BCUT2D eigenvalue weighted by Crippen LogP contribution is 2.34. The van der Waals surface area contributed by atoms with Gasteiger partial charge in [-0.25, -0.2) is 9.99 Å². The van der Waals surface area contributed by atoms with Crippen molar-refractivity contribution in [3.63, 3.8) is 0 Å². The zero-order valence-corrected chi connectivity index (χ0v) is 24.7. The molecule has 0 fully saturated rings. The average molecular weight is 611 g/mol. The smallest absolute Gasteiger partial charge is 0.416 e. The van der Waals surface area contributed by atoms with E-state index in [1.165, 1.54) is 12.1 Å². The Hall–Kier alpha value is -5.15. The second kappa shape index (κ2) is 14.5. The molecule has 5 rings (SSSR count). The Morgan fingerprint density at radius 2 is 1.36 bits per heavy atom. The Labute approximate surface area is 260 Å². The maximum absolute atomic E-state index is 14.1. The lowest BCUT2D eigenvalue weighted by Crippen LogP contribution is -2.42. The van der Waals surface area contributed by atoms with Crippen LogP contribution in [0, 0.1) is 0 Å². The molecule has 0 aliphatic carbocycles. The third-order valence-corrected chi connectivity index (χ3v) is 7.06. The number of aryl methyl sites for hydroxylation is 1. The topological polar surface area (TPSA) is 66.5 Å². The number of hydrogen-bond donors (Lipinski definition) is 2. The van der Waals surface area contributed by atoms with Gasteiger partial charge in [-0.3, -0.25) is 10.2 Å². The molecule has 0 bridgehead atoms. The van der Waals surface area contributed by atoms with E-state index in [4.69, 9.17) is 4.74 Å². The summed E-state index contributed by atoms with van der Waals surface area (Å²) in [7, 11) is 0. The van der Waals surface area contributed by atoms with Gasteiger partial charge in [-0.2, -0.15) is 13.2 Å². The Morgan fingerprint density at radius 1 is 0.778 bits per heavy atom. The summed E-state index contributed by atoms with van der Waals surface area (Å²) in [5, 5.41) is 5.18. The number of nitrogens with zero attached hydrogens (tertiary/aromatic N) is 2. The predicted molar refractivity (Wildman–Crippen MR) is 168 cm³/mol. The van der Waals surface area contributed by atoms with Crippen LogP contribution in [0.4, 0.5) is 18.9 Å². The number of hydrogen-bond acceptors (Lipinski definition) is 5. The van der Waals surface area contributed by atoms with Gasteiger partial charge in [0.15, 0.2) is 5.69 Å². The monoisotopic (exact) mass is 610 g/mol. The van der Waals surface area contributed by atoms with E-state index in [9.17, 15) is 18.0 Å². The van der Waals surface area contributed by atoms with Crippen LogP contribution < -0.4 is 15.5 Å². The summed E-state index contributed by atoms with van der Waals surface area (Å²) in [6.07, 6.45) is -4.02. The molecule has 0 atom stereocenters. The first-order valence-electron chi connectivity index (χ1n) is 14.6. The Morgan fingerprint density at radius 3 is 1.91 bits per heavy atom. The van der Waals surface area contributed by atoms with Gasteiger partial charge >= 0.3 is 6.18 Å². The number of benzene rings is 4. The molecule has 45 heavy (non-hydrogen) atoms. The minimum absolute atomic E-state index is 0.0132. The second-order valence-electron chi connectivity index (χ2n) is 10.4. The van der Waals surface area contributed by atoms with E-state index in [0.29, 0.717) is 31.7 Å². The van der Waals surface area contributed by atoms with Gasteiger partial charge in [-0.15, -0.1) is 0 Å². The largest absolute Gasteiger partial charge is 0.439 e. The van der Waals surface area contributed by atoms with E-state index in [1.807, 2.05) is 103 Å². The molecule has 1 amide bonds. The molecule has 1 aromatic heterocycles. The van der Waals surface area contributed by atoms with Crippen LogP contribution in [-0.4, -0.2) is 15.9 Å². The molecule has 0 saturated carbocycles. The first kappa shape index (κ1) is 31.3. The molecule has 230 valence electrons. The number of carbonyl (C=O) groups excluding carboxylic acids is 1. The molecule has 5 aromatic rings. The van der Waals surface area contributed by atoms with E-state index >= 15 is 0 Å². The van der Waals surface area contributed by atoms with Gasteiger partial charge in [0.05, 0.1) is 11.3 Å². The fourth-order valence-electron chi connectivity index (χ4n) is 4.85. The van der Waals surface area contributed by atoms with Gasteiger partial charge < -0.3 is 10.1 Å². The lowest BCUT2D eigenvalue weighted by molar-refractivity contribution is -0.137. The number of amides is 1. The van der Waals surface area contributed by atoms with E-state index in [1.54, 1.807) is 6.07 Å². The van der Waals surface area contributed by atoms with Crippen molar-refractivity contribution in [3.05, 3.63) is 155 Å². The van der Waals surface area contributed by atoms with Crippen molar-refractivity contribution in [2.24, 2.45) is 0 Å². The molecule has 0 saturated heterocycles. The van der Waals surface area contributed by atoms with Crippen molar-refractivity contribution in [3.8, 4) is 11.6 Å². The number of ether oxygens (including phenoxy) is 1. The van der Waals surface area contributed by atoms with Crippen LogP contribution in [0.3, 0.4) is 0 Å². The average Bonchev–Trinajstić information content (AvgIpc) is 3.05. The zero-order chi connectivity index (χ0) is 31.6. The number of carbonyl (C=O) groups is 1. The number of rotatable bonds is 12. The fourth-order valence-corrected chi connectivity index (χ4v) is 4.85. The van der Waals surface area contributed by atoms with Gasteiger partial charge in [0.1, 0.15) is 5.75 Å². The van der Waals surface area contributed by atoms with Crippen LogP contribution in [0.25, 0.3) is 0 Å². The van der Waals surface area contributed by atoms with Gasteiger partial charge in [0.25, 0.3) is 5.91 Å². The van der Waals surface area contributed by atoms with Crippen molar-refractivity contribution in [1.29, 1.82) is 0 Å². The van der Waals surface area contributed by atoms with Crippen LogP contribution in [0.2, 0.25) is 0 Å². The Bertz CT molecular complexity index is 1660. The van der Waals surface area contributed by atoms with Crippen molar-refractivity contribution in [2.75, 3.05) is 5.32 Å². The number of nitrogens with one attached hydrogen (secondary N) is 2. The second-order valence-corrected chi connectivity index (χ2v) is 10.4. The molecular formula is C36H33F3N4O2. The van der Waals surface area contributed by atoms with Crippen LogP contribution in [0.5, 0.6) is 11.6 Å². The molecule has 2 N–H and O–H groups in total. The summed E-state index contributed by atoms with van der Waals surface area (Å²) in [6, 6.07) is 35.5. The van der Waals surface area contributed by atoms with Gasteiger partial charge in [0, 0.05) is 25.7 Å². The SMILES string of the molecule is CCc1cc(Oc2cccc(C(F)(F)F)c2)nc(C(=O)NN(Cc2ccccc2)Cc2ccccc2)c1NCc1ccccc1. The van der Waals surface area contributed by atoms with Crippen LogP contribution in [0.15, 0.2) is 121 Å². The molecule has 4 aromatic carbocycles. The maximum atomic E-state index is 14.1. The van der Waals surface area contributed by atoms with E-state index in [2.05, 4.69) is 15.7 Å². The number of hydrazine groups is 1. The lowest BCUT2D eigenvalue weighted by atomic mass is 10.1. The molecule has 0 unspecified atom stereocenters. The maximum Gasteiger partial charge on any atom is 0.416 e. The summed E-state index contributed by atoms with van der Waals surface area (Å²) in [5.74, 6) is -0.508. The number of halogens is 3. The minimum atomic E-state index is -4.53. The number of alkyl halides is 3. The van der Waals surface area contributed by atoms with Gasteiger partial charge in [-0.1, -0.05) is 104 Å². The third kappa shape index (κ3) is 8.70. The molecular weight excluding hydrogens is 577 g/mol. The number of anilines is 1. The summed E-state index contributed by atoms with van der Waals surface area (Å²) in [6.45, 7) is 3.21. The Balaban J connectivity index is 1.49. The number of pyridine rings is 1. The van der Waals surface area contributed by atoms with Gasteiger partial charge in [-0.05, 0) is 46.9 Å². The van der Waals surface area contributed by atoms with E-state index < -0.39 is 17.6 Å². The summed E-state index contributed by atoms with van der Waals surface area (Å²) in [4.78, 5) is 18.6. The van der Waals surface area contributed by atoms with Crippen molar-refractivity contribution < 1.29 is 22.7 Å². The highest BCUT2D eigenvalue weighted by Gasteiger charge is 2.31. The van der Waals surface area contributed by atoms with Crippen LogP contribution in [0.1, 0.15) is 45.2 Å². The Kier molecular flexibility index (Phi) is 10.1. The van der Waals surface area contributed by atoms with Crippen LogP contribution >= 0.6 is 0 Å². The van der Waals surface area contributed by atoms with Gasteiger partial charge in [0.2, 0.25) is 5.88 Å². The molecule has 9 heteroatoms. The van der Waals surface area contributed by atoms with Crippen molar-refractivity contribution in [1.82, 2.24) is 15.4 Å².